The first kappa shape index (κ1) is 25.3. The number of aliphatic carboxylic acids is 1. The van der Waals surface area contributed by atoms with Crippen LogP contribution >= 0.6 is 11.3 Å². The maximum Gasteiger partial charge on any atom is 0.328 e. The van der Waals surface area contributed by atoms with Crippen LogP contribution < -0.4 is 25.4 Å². The number of aliphatic hydroxyl groups is 1. The fourth-order valence-electron chi connectivity index (χ4n) is 2.65. The summed E-state index contributed by atoms with van der Waals surface area (Å²) in [7, 11) is 1.31. The molecule has 0 saturated heterocycles. The number of aromatic nitrogens is 1. The van der Waals surface area contributed by atoms with E-state index < -0.39 is 42.2 Å². The molecule has 0 aliphatic rings. The maximum absolute atomic E-state index is 14.2. The molecule has 0 bridgehead atoms. The van der Waals surface area contributed by atoms with Crippen LogP contribution in [0.15, 0.2) is 41.8 Å². The van der Waals surface area contributed by atoms with Gasteiger partial charge in [-0.3, -0.25) is 10.1 Å². The lowest BCUT2D eigenvalue weighted by molar-refractivity contribution is -0.140. The molecule has 184 valence electrons. The van der Waals surface area contributed by atoms with Crippen molar-refractivity contribution in [3.05, 3.63) is 59.1 Å². The van der Waals surface area contributed by atoms with Crippen molar-refractivity contribution < 1.29 is 42.9 Å². The first-order valence-corrected chi connectivity index (χ1v) is 10.6. The van der Waals surface area contributed by atoms with Gasteiger partial charge in [-0.05, 0) is 24.3 Å². The number of carboxylic acids is 1. The number of thiazole rings is 1. The summed E-state index contributed by atoms with van der Waals surface area (Å²) < 4.78 is 38.7. The lowest BCUT2D eigenvalue weighted by atomic mass is 10.2. The van der Waals surface area contributed by atoms with Crippen molar-refractivity contribution in [2.24, 2.45) is 0 Å². The largest absolute Gasteiger partial charge is 0.493 e. The third-order valence-corrected chi connectivity index (χ3v) is 5.05. The summed E-state index contributed by atoms with van der Waals surface area (Å²) in [6.45, 7) is -0.824. The monoisotopic (exact) mass is 508 g/mol. The van der Waals surface area contributed by atoms with E-state index in [9.17, 15) is 23.2 Å². The molecule has 1 atom stereocenters. The van der Waals surface area contributed by atoms with Gasteiger partial charge in [0.2, 0.25) is 5.75 Å². The normalized spacial score (nSPS) is 11.3. The summed E-state index contributed by atoms with van der Waals surface area (Å²) in [5.74, 6) is -4.06. The predicted molar refractivity (Wildman–Crippen MR) is 120 cm³/mol. The number of methoxy groups -OCH3 is 1. The molecule has 11 nitrogen and oxygen atoms in total. The Balaban J connectivity index is 1.72. The zero-order chi connectivity index (χ0) is 25.5. The van der Waals surface area contributed by atoms with Crippen LogP contribution in [0.1, 0.15) is 10.5 Å². The molecule has 1 unspecified atom stereocenters. The molecule has 1 heterocycles. The molecule has 1 aromatic heterocycles. The molecule has 0 radical (unpaired) electrons. The van der Waals surface area contributed by atoms with E-state index in [2.05, 4.69) is 20.9 Å². The number of nitrogens with one attached hydrogen (secondary N) is 3. The van der Waals surface area contributed by atoms with Gasteiger partial charge >= 0.3 is 12.0 Å². The number of anilines is 2. The molecule has 0 saturated carbocycles. The highest BCUT2D eigenvalue weighted by Crippen LogP contribution is 2.37. The van der Waals surface area contributed by atoms with E-state index in [-0.39, 0.29) is 33.8 Å². The number of amides is 3. The maximum atomic E-state index is 14.2. The van der Waals surface area contributed by atoms with Crippen LogP contribution in [0.25, 0.3) is 0 Å². The first-order chi connectivity index (χ1) is 16.7. The Bertz CT molecular complexity index is 1250. The molecule has 0 spiro atoms. The van der Waals surface area contributed by atoms with Gasteiger partial charge in [0.05, 0.1) is 19.4 Å². The Morgan fingerprint density at radius 2 is 1.91 bits per heavy atom. The number of nitrogens with zero attached hydrogens (tertiary/aromatic N) is 1. The van der Waals surface area contributed by atoms with Crippen LogP contribution in [0.2, 0.25) is 0 Å². The molecule has 35 heavy (non-hydrogen) atoms. The number of hydrogen-bond acceptors (Lipinski definition) is 8. The number of carboxylic acid groups (broad SMARTS) is 1. The quantitative estimate of drug-likeness (QED) is 0.295. The second-order valence-corrected chi connectivity index (χ2v) is 7.54. The van der Waals surface area contributed by atoms with Gasteiger partial charge in [0.1, 0.15) is 11.5 Å². The van der Waals surface area contributed by atoms with E-state index in [1.165, 1.54) is 30.7 Å². The Hall–Kier alpha value is -4.30. The van der Waals surface area contributed by atoms with Gasteiger partial charge in [-0.2, -0.15) is 0 Å². The molecule has 0 aliphatic heterocycles. The smallest absolute Gasteiger partial charge is 0.328 e. The van der Waals surface area contributed by atoms with Gasteiger partial charge in [-0.1, -0.05) is 6.07 Å². The number of benzene rings is 2. The van der Waals surface area contributed by atoms with Crippen LogP contribution in [0.4, 0.5) is 24.4 Å². The molecule has 5 N–H and O–H groups in total. The molecular formula is C21H18F2N4O7S. The number of urea groups is 1. The van der Waals surface area contributed by atoms with Crippen molar-refractivity contribution >= 4 is 40.1 Å². The number of rotatable bonds is 9. The standard InChI is InChI=1S/C21H18F2N4O7S/c1-33-16-4-2-3-11(23)17(16)34-15-6-5-10(22)7-12(15)25-20(32)27-21-26-14(9-35-21)18(29)24-13(8-28)19(30)31/h2-7,9,13,28H,8H2,1H3,(H,24,29)(H,30,31)(H2,25,26,27,32). The molecule has 14 heteroatoms. The van der Waals surface area contributed by atoms with Crippen molar-refractivity contribution in [2.45, 2.75) is 6.04 Å². The SMILES string of the molecule is COc1cccc(F)c1Oc1ccc(F)cc1NC(=O)Nc1nc(C(=O)NC(CO)C(=O)O)cs1. The highest BCUT2D eigenvalue weighted by Gasteiger charge is 2.22. The van der Waals surface area contributed by atoms with Crippen molar-refractivity contribution in [1.29, 1.82) is 0 Å². The van der Waals surface area contributed by atoms with Gasteiger partial charge in [0.25, 0.3) is 5.91 Å². The average molecular weight is 508 g/mol. The van der Waals surface area contributed by atoms with E-state index in [4.69, 9.17) is 19.7 Å². The van der Waals surface area contributed by atoms with E-state index >= 15 is 0 Å². The number of hydrogen-bond donors (Lipinski definition) is 5. The van der Waals surface area contributed by atoms with Crippen molar-refractivity contribution in [2.75, 3.05) is 24.4 Å². The number of aliphatic hydroxyl groups excluding tert-OH is 1. The highest BCUT2D eigenvalue weighted by molar-refractivity contribution is 7.14. The molecule has 2 aromatic carbocycles. The second-order valence-electron chi connectivity index (χ2n) is 6.68. The van der Waals surface area contributed by atoms with E-state index in [0.29, 0.717) is 0 Å². The van der Waals surface area contributed by atoms with Crippen molar-refractivity contribution in [3.8, 4) is 17.2 Å². The topological polar surface area (TPSA) is 159 Å². The van der Waals surface area contributed by atoms with Crippen molar-refractivity contribution in [3.63, 3.8) is 0 Å². The van der Waals surface area contributed by atoms with E-state index in [0.717, 1.165) is 29.5 Å². The fraction of sp³-hybridized carbons (Fsp3) is 0.143. The lowest BCUT2D eigenvalue weighted by Gasteiger charge is -2.15. The zero-order valence-corrected chi connectivity index (χ0v) is 18.7. The lowest BCUT2D eigenvalue weighted by Crippen LogP contribution is -2.43. The summed E-state index contributed by atoms with van der Waals surface area (Å²) in [5.41, 5.74) is -0.346. The number of para-hydroxylation sites is 1. The van der Waals surface area contributed by atoms with Gasteiger partial charge < -0.3 is 30.3 Å². The molecular weight excluding hydrogens is 490 g/mol. The second kappa shape index (κ2) is 11.2. The van der Waals surface area contributed by atoms with Crippen LogP contribution in [0.5, 0.6) is 17.2 Å². The predicted octanol–water partition coefficient (Wildman–Crippen LogP) is 3.04. The third kappa shape index (κ3) is 6.39. The van der Waals surface area contributed by atoms with E-state index in [1.54, 1.807) is 0 Å². The van der Waals surface area contributed by atoms with Crippen LogP contribution in [-0.2, 0) is 4.79 Å². The first-order valence-electron chi connectivity index (χ1n) is 9.69. The Morgan fingerprint density at radius 3 is 2.60 bits per heavy atom. The highest BCUT2D eigenvalue weighted by atomic mass is 32.1. The number of halogens is 2. The third-order valence-electron chi connectivity index (χ3n) is 4.30. The van der Waals surface area contributed by atoms with E-state index in [1.807, 2.05) is 0 Å². The average Bonchev–Trinajstić information content (AvgIpc) is 3.28. The summed E-state index contributed by atoms with van der Waals surface area (Å²) in [4.78, 5) is 39.3. The molecule has 3 aromatic rings. The summed E-state index contributed by atoms with van der Waals surface area (Å²) in [6, 6.07) is 4.77. The molecule has 3 amide bonds. The van der Waals surface area contributed by atoms with Gasteiger partial charge in [0, 0.05) is 11.4 Å². The van der Waals surface area contributed by atoms with Gasteiger partial charge in [-0.25, -0.2) is 23.4 Å². The molecule has 3 rings (SSSR count). The Morgan fingerprint density at radius 1 is 1.14 bits per heavy atom. The van der Waals surface area contributed by atoms with Crippen LogP contribution in [-0.4, -0.2) is 52.9 Å². The summed E-state index contributed by atoms with van der Waals surface area (Å²) in [6.07, 6.45) is 0. The fourth-order valence-corrected chi connectivity index (χ4v) is 3.34. The minimum atomic E-state index is -1.52. The molecule has 0 fully saturated rings. The number of ether oxygens (including phenoxy) is 2. The summed E-state index contributed by atoms with van der Waals surface area (Å²) in [5, 5.41) is 25.8. The minimum absolute atomic E-state index is 0.0434. The zero-order valence-electron chi connectivity index (χ0n) is 17.9. The minimum Gasteiger partial charge on any atom is -0.493 e. The molecule has 0 aliphatic carbocycles. The van der Waals surface area contributed by atoms with Crippen LogP contribution in [0, 0.1) is 11.6 Å². The Kier molecular flexibility index (Phi) is 8.12. The van der Waals surface area contributed by atoms with Crippen molar-refractivity contribution in [1.82, 2.24) is 10.3 Å². The number of carbonyl (C=O) groups is 3. The Labute approximate surface area is 200 Å². The van der Waals surface area contributed by atoms with Gasteiger partial charge in [-0.15, -0.1) is 11.3 Å². The summed E-state index contributed by atoms with van der Waals surface area (Å²) >= 11 is 0.851. The van der Waals surface area contributed by atoms with Gasteiger partial charge in [0.15, 0.2) is 28.5 Å². The van der Waals surface area contributed by atoms with Crippen LogP contribution in [0.3, 0.4) is 0 Å². The number of carbonyl (C=O) groups excluding carboxylic acids is 2.